The van der Waals surface area contributed by atoms with Gasteiger partial charge >= 0.3 is 6.18 Å². The molecule has 0 radical (unpaired) electrons. The molecule has 2 aliphatic heterocycles. The van der Waals surface area contributed by atoms with Gasteiger partial charge in [0.25, 0.3) is 5.91 Å². The predicted octanol–water partition coefficient (Wildman–Crippen LogP) is 8.50. The van der Waals surface area contributed by atoms with Gasteiger partial charge in [0, 0.05) is 48.3 Å². The number of ether oxygens (including phenoxy) is 1. The molecule has 6 rings (SSSR count). The molecule has 1 fully saturated rings. The minimum absolute atomic E-state index is 0.0356. The van der Waals surface area contributed by atoms with Gasteiger partial charge in [-0.1, -0.05) is 59.6 Å². The van der Waals surface area contributed by atoms with Crippen LogP contribution in [0, 0.1) is 0 Å². The molecule has 0 bridgehead atoms. The van der Waals surface area contributed by atoms with Crippen molar-refractivity contribution in [3.63, 3.8) is 0 Å². The van der Waals surface area contributed by atoms with Crippen molar-refractivity contribution in [1.82, 2.24) is 14.7 Å². The van der Waals surface area contributed by atoms with Gasteiger partial charge in [-0.2, -0.15) is 13.2 Å². The summed E-state index contributed by atoms with van der Waals surface area (Å²) >= 11 is 12.5. The van der Waals surface area contributed by atoms with Crippen LogP contribution in [0.25, 0.3) is 0 Å². The maximum Gasteiger partial charge on any atom is 0.416 e. The number of hydrogen-bond acceptors (Lipinski definition) is 6. The number of nitrogens with zero attached hydrogens (tertiary/aromatic N) is 4. The van der Waals surface area contributed by atoms with Crippen LogP contribution in [0.3, 0.4) is 0 Å². The van der Waals surface area contributed by atoms with Crippen LogP contribution in [0.15, 0.2) is 96.0 Å². The summed E-state index contributed by atoms with van der Waals surface area (Å²) in [4.78, 5) is 36.8. The van der Waals surface area contributed by atoms with Gasteiger partial charge in [-0.25, -0.2) is 0 Å². The van der Waals surface area contributed by atoms with Crippen molar-refractivity contribution in [1.29, 1.82) is 0 Å². The number of alkyl halides is 3. The van der Waals surface area contributed by atoms with Crippen LogP contribution in [-0.4, -0.2) is 71.6 Å². The summed E-state index contributed by atoms with van der Waals surface area (Å²) in [6.07, 6.45) is -4.14. The molecule has 2 aliphatic rings. The molecule has 0 spiro atoms. The number of carbonyl (C=O) groups is 2. The number of hydrogen-bond donors (Lipinski definition) is 0. The second-order valence-electron chi connectivity index (χ2n) is 12.9. The van der Waals surface area contributed by atoms with Gasteiger partial charge < -0.3 is 9.53 Å². The fourth-order valence-corrected chi connectivity index (χ4v) is 6.74. The first-order valence-electron chi connectivity index (χ1n) is 16.7. The Morgan fingerprint density at radius 3 is 2.02 bits per heavy atom. The van der Waals surface area contributed by atoms with E-state index >= 15 is 0 Å². The zero-order valence-corrected chi connectivity index (χ0v) is 29.6. The van der Waals surface area contributed by atoms with E-state index in [9.17, 15) is 22.8 Å². The Kier molecular flexibility index (Phi) is 11.2. The summed E-state index contributed by atoms with van der Waals surface area (Å²) in [5, 5.41) is 1.03. The number of aliphatic imine (C=N–C) groups is 1. The van der Waals surface area contributed by atoms with E-state index in [2.05, 4.69) is 9.80 Å². The van der Waals surface area contributed by atoms with Crippen molar-refractivity contribution in [2.24, 2.45) is 4.99 Å². The van der Waals surface area contributed by atoms with Gasteiger partial charge in [0.2, 0.25) is 0 Å². The second kappa shape index (κ2) is 15.6. The average Bonchev–Trinajstić information content (AvgIpc) is 3.49. The quantitative estimate of drug-likeness (QED) is 0.153. The molecule has 266 valence electrons. The van der Waals surface area contributed by atoms with Crippen LogP contribution >= 0.6 is 23.2 Å². The van der Waals surface area contributed by atoms with Crippen molar-refractivity contribution < 1.29 is 27.5 Å². The maximum atomic E-state index is 14.8. The Bertz CT molecular complexity index is 1880. The van der Waals surface area contributed by atoms with E-state index in [0.717, 1.165) is 61.3 Å². The van der Waals surface area contributed by atoms with E-state index in [1.807, 2.05) is 36.4 Å². The lowest BCUT2D eigenvalue weighted by Crippen LogP contribution is -2.46. The number of halogens is 5. The molecule has 7 nitrogen and oxygen atoms in total. The molecule has 4 aromatic carbocycles. The molecule has 0 saturated carbocycles. The smallest absolute Gasteiger partial charge is 0.416 e. The lowest BCUT2D eigenvalue weighted by molar-refractivity contribution is -0.137. The van der Waals surface area contributed by atoms with E-state index in [1.54, 1.807) is 55.1 Å². The summed E-state index contributed by atoms with van der Waals surface area (Å²) in [7, 11) is 0. The van der Waals surface area contributed by atoms with Gasteiger partial charge in [0.1, 0.15) is 23.9 Å². The van der Waals surface area contributed by atoms with Crippen molar-refractivity contribution in [3.05, 3.63) is 134 Å². The summed E-state index contributed by atoms with van der Waals surface area (Å²) in [6.45, 7) is 7.83. The molecule has 1 saturated heterocycles. The van der Waals surface area contributed by atoms with E-state index in [-0.39, 0.29) is 23.1 Å². The lowest BCUT2D eigenvalue weighted by atomic mass is 9.93. The molecular weight excluding hydrogens is 700 g/mol. The van der Waals surface area contributed by atoms with Gasteiger partial charge in [0.05, 0.1) is 29.8 Å². The Hall–Kier alpha value is -4.22. The van der Waals surface area contributed by atoms with Crippen LogP contribution in [0.2, 0.25) is 10.0 Å². The molecule has 2 atom stereocenters. The zero-order valence-electron chi connectivity index (χ0n) is 28.1. The third kappa shape index (κ3) is 8.47. The normalized spacial score (nSPS) is 18.6. The van der Waals surface area contributed by atoms with Crippen molar-refractivity contribution in [3.8, 4) is 5.75 Å². The van der Waals surface area contributed by atoms with Crippen LogP contribution < -0.4 is 4.74 Å². The van der Waals surface area contributed by atoms with Crippen LogP contribution in [-0.2, 0) is 17.5 Å². The van der Waals surface area contributed by atoms with E-state index in [1.165, 1.54) is 6.07 Å². The first-order valence-corrected chi connectivity index (χ1v) is 17.4. The fraction of sp³-hybridized carbons (Fsp3) is 0.308. The second-order valence-corrected chi connectivity index (χ2v) is 13.8. The first-order chi connectivity index (χ1) is 24.4. The SMILES string of the molecule is CC(C)Oc1cc(C(F)(F)F)ccc1C1=NC(c2ccc(Cl)cc2)C(c2ccc(Cl)cc2)N1C(=O)c1ccc(CN2CCN(CC=O)CC2)cc1. The van der Waals surface area contributed by atoms with Gasteiger partial charge in [0.15, 0.2) is 0 Å². The van der Waals surface area contributed by atoms with Crippen molar-refractivity contribution in [2.75, 3.05) is 32.7 Å². The standard InChI is InChI=1S/C39H37Cl2F3N4O3/c1-25(2)51-34-23-30(39(42,43)44)11-16-33(34)37-45-35(27-7-12-31(40)13-8-27)36(28-9-14-32(41)15-10-28)48(37)38(50)29-5-3-26(4-6-29)24-47-19-17-46(18-20-47)21-22-49/h3-16,22-23,25,35-36H,17-21,24H2,1-2H3. The molecule has 12 heteroatoms. The minimum Gasteiger partial charge on any atom is -0.490 e. The average molecular weight is 738 g/mol. The molecule has 2 unspecified atom stereocenters. The molecular formula is C39H37Cl2F3N4O3. The number of carbonyl (C=O) groups excluding carboxylic acids is 2. The fourth-order valence-electron chi connectivity index (χ4n) is 6.49. The Morgan fingerprint density at radius 1 is 0.863 bits per heavy atom. The Labute approximate surface area is 305 Å². The number of piperazine rings is 1. The molecule has 1 amide bonds. The molecule has 0 aliphatic carbocycles. The number of amidine groups is 1. The summed E-state index contributed by atoms with van der Waals surface area (Å²) in [5.74, 6) is -0.234. The highest BCUT2D eigenvalue weighted by molar-refractivity contribution is 6.30. The highest BCUT2D eigenvalue weighted by Crippen LogP contribution is 2.46. The monoisotopic (exact) mass is 736 g/mol. The highest BCUT2D eigenvalue weighted by Gasteiger charge is 2.44. The number of aldehydes is 1. The summed E-state index contributed by atoms with van der Waals surface area (Å²) in [5.41, 5.74) is 2.28. The molecule has 0 N–H and O–H groups in total. The topological polar surface area (TPSA) is 65.5 Å². The van der Waals surface area contributed by atoms with Crippen LogP contribution in [0.5, 0.6) is 5.75 Å². The molecule has 4 aromatic rings. The van der Waals surface area contributed by atoms with Crippen LogP contribution in [0.1, 0.15) is 64.1 Å². The predicted molar refractivity (Wildman–Crippen MR) is 193 cm³/mol. The third-order valence-corrected chi connectivity index (χ3v) is 9.53. The molecule has 2 heterocycles. The minimum atomic E-state index is -4.61. The van der Waals surface area contributed by atoms with Gasteiger partial charge in [-0.3, -0.25) is 24.5 Å². The number of benzene rings is 4. The Morgan fingerprint density at radius 2 is 1.45 bits per heavy atom. The highest BCUT2D eigenvalue weighted by atomic mass is 35.5. The van der Waals surface area contributed by atoms with Crippen LogP contribution in [0.4, 0.5) is 13.2 Å². The number of amides is 1. The van der Waals surface area contributed by atoms with Crippen molar-refractivity contribution in [2.45, 2.75) is 44.8 Å². The van der Waals surface area contributed by atoms with Gasteiger partial charge in [-0.15, -0.1) is 0 Å². The zero-order chi connectivity index (χ0) is 36.3. The molecule has 0 aromatic heterocycles. The van der Waals surface area contributed by atoms with Crippen molar-refractivity contribution >= 4 is 41.2 Å². The van der Waals surface area contributed by atoms with E-state index < -0.39 is 29.9 Å². The largest absolute Gasteiger partial charge is 0.490 e. The maximum absolute atomic E-state index is 14.8. The third-order valence-electron chi connectivity index (χ3n) is 9.03. The number of rotatable bonds is 10. The first kappa shape index (κ1) is 36.6. The summed E-state index contributed by atoms with van der Waals surface area (Å²) < 4.78 is 47.7. The van der Waals surface area contributed by atoms with Gasteiger partial charge in [-0.05, 0) is 85.1 Å². The Balaban J connectivity index is 1.42. The van der Waals surface area contributed by atoms with E-state index in [0.29, 0.717) is 28.7 Å². The summed E-state index contributed by atoms with van der Waals surface area (Å²) in [6, 6.07) is 23.5. The molecule has 51 heavy (non-hydrogen) atoms. The lowest BCUT2D eigenvalue weighted by Gasteiger charge is -2.33. The van der Waals surface area contributed by atoms with E-state index in [4.69, 9.17) is 32.9 Å².